The van der Waals surface area contributed by atoms with Crippen molar-refractivity contribution < 1.29 is 4.79 Å². The summed E-state index contributed by atoms with van der Waals surface area (Å²) in [6.07, 6.45) is 7.54. The second kappa shape index (κ2) is 11.3. The first kappa shape index (κ1) is 23.9. The van der Waals surface area contributed by atoms with Gasteiger partial charge in [0.2, 0.25) is 5.91 Å². The summed E-state index contributed by atoms with van der Waals surface area (Å²) in [7, 11) is 0. The van der Waals surface area contributed by atoms with Crippen LogP contribution in [0.15, 0.2) is 88.8 Å². The summed E-state index contributed by atoms with van der Waals surface area (Å²) in [5.41, 5.74) is 9.54. The Balaban J connectivity index is 1.07. The van der Waals surface area contributed by atoms with E-state index in [1.54, 1.807) is 9.09 Å². The Hall–Kier alpha value is -3.82. The number of carbonyl (C=O) groups excluding carboxylic acids is 1. The van der Waals surface area contributed by atoms with Gasteiger partial charge < -0.3 is 4.98 Å². The van der Waals surface area contributed by atoms with Crippen LogP contribution in [0, 0.1) is 0 Å². The van der Waals surface area contributed by atoms with Crippen molar-refractivity contribution >= 4 is 28.9 Å². The fraction of sp³-hybridized carbons (Fsp3) is 0.222. The standard InChI is InChI=1S/C27H28N6O2S/c34-25(16-21-11-5-2-6-12-21)31-33-28-18-24(36-33)13-7-8-14-32-19-22-17-23(29-26(22)30-27(32)35)15-20-9-3-1-4-10-20/h1-6,9-12,17-19,28H,7-8,13-16H2,(H,31,34)(H,29,30,35). The van der Waals surface area contributed by atoms with Crippen LogP contribution in [0.25, 0.3) is 11.0 Å². The molecule has 4 aromatic rings. The van der Waals surface area contributed by atoms with Crippen LogP contribution in [0.4, 0.5) is 0 Å². The van der Waals surface area contributed by atoms with Crippen LogP contribution >= 0.6 is 11.9 Å². The highest BCUT2D eigenvalue weighted by molar-refractivity contribution is 8.00. The fourth-order valence-corrected chi connectivity index (χ4v) is 4.98. The van der Waals surface area contributed by atoms with Gasteiger partial charge in [0.1, 0.15) is 5.65 Å². The Morgan fingerprint density at radius 2 is 1.75 bits per heavy atom. The van der Waals surface area contributed by atoms with Gasteiger partial charge in [-0.3, -0.25) is 20.2 Å². The first-order valence-electron chi connectivity index (χ1n) is 12.0. The normalized spacial score (nSPS) is 13.5. The summed E-state index contributed by atoms with van der Waals surface area (Å²) in [5.74, 6) is -0.0743. The lowest BCUT2D eigenvalue weighted by molar-refractivity contribution is -0.123. The zero-order valence-electron chi connectivity index (χ0n) is 19.8. The predicted octanol–water partition coefficient (Wildman–Crippen LogP) is 4.07. The minimum Gasteiger partial charge on any atom is -0.343 e. The van der Waals surface area contributed by atoms with E-state index in [0.29, 0.717) is 18.6 Å². The molecule has 0 saturated carbocycles. The molecule has 9 heteroatoms. The lowest BCUT2D eigenvalue weighted by Crippen LogP contribution is -2.42. The van der Waals surface area contributed by atoms with Crippen LogP contribution in [0.1, 0.15) is 36.1 Å². The van der Waals surface area contributed by atoms with E-state index in [0.717, 1.165) is 47.2 Å². The average Bonchev–Trinajstić information content (AvgIpc) is 3.48. The molecule has 0 unspecified atom stereocenters. The van der Waals surface area contributed by atoms with Crippen molar-refractivity contribution in [2.75, 3.05) is 0 Å². The molecule has 1 aliphatic heterocycles. The summed E-state index contributed by atoms with van der Waals surface area (Å²) >= 11 is 1.47. The third-order valence-electron chi connectivity index (χ3n) is 5.92. The van der Waals surface area contributed by atoms with Crippen LogP contribution in [0.5, 0.6) is 0 Å². The summed E-state index contributed by atoms with van der Waals surface area (Å²) in [4.78, 5) is 33.4. The largest absolute Gasteiger partial charge is 0.349 e. The Bertz CT molecular complexity index is 1410. The van der Waals surface area contributed by atoms with Gasteiger partial charge >= 0.3 is 5.69 Å². The Labute approximate surface area is 213 Å². The van der Waals surface area contributed by atoms with Crippen molar-refractivity contribution in [1.82, 2.24) is 29.9 Å². The fourth-order valence-electron chi connectivity index (χ4n) is 4.15. The van der Waals surface area contributed by atoms with Gasteiger partial charge in [-0.2, -0.15) is 4.98 Å². The molecule has 8 nitrogen and oxygen atoms in total. The lowest BCUT2D eigenvalue weighted by Gasteiger charge is -2.16. The highest BCUT2D eigenvalue weighted by Gasteiger charge is 2.17. The van der Waals surface area contributed by atoms with Crippen molar-refractivity contribution in [3.8, 4) is 0 Å². The second-order valence-corrected chi connectivity index (χ2v) is 9.83. The summed E-state index contributed by atoms with van der Waals surface area (Å²) in [5, 5.41) is 0.945. The van der Waals surface area contributed by atoms with Gasteiger partial charge in [-0.1, -0.05) is 65.2 Å². The first-order valence-corrected chi connectivity index (χ1v) is 12.8. The summed E-state index contributed by atoms with van der Waals surface area (Å²) in [6, 6.07) is 21.9. The van der Waals surface area contributed by atoms with E-state index < -0.39 is 0 Å². The van der Waals surface area contributed by atoms with E-state index in [1.807, 2.05) is 60.9 Å². The maximum atomic E-state index is 12.5. The molecule has 36 heavy (non-hydrogen) atoms. The van der Waals surface area contributed by atoms with Gasteiger partial charge in [0.25, 0.3) is 0 Å². The Morgan fingerprint density at radius 3 is 2.53 bits per heavy atom. The van der Waals surface area contributed by atoms with Gasteiger partial charge in [0, 0.05) is 41.3 Å². The molecule has 0 bridgehead atoms. The predicted molar refractivity (Wildman–Crippen MR) is 142 cm³/mol. The van der Waals surface area contributed by atoms with E-state index in [-0.39, 0.29) is 11.6 Å². The van der Waals surface area contributed by atoms with Crippen molar-refractivity contribution in [2.24, 2.45) is 0 Å². The van der Waals surface area contributed by atoms with Crippen LogP contribution < -0.4 is 16.5 Å². The number of hydrogen-bond acceptors (Lipinski definition) is 6. The number of aromatic nitrogens is 3. The molecule has 1 aliphatic rings. The van der Waals surface area contributed by atoms with Gasteiger partial charge in [0.05, 0.1) is 6.42 Å². The van der Waals surface area contributed by atoms with E-state index in [4.69, 9.17) is 0 Å². The molecule has 184 valence electrons. The molecule has 0 fully saturated rings. The average molecular weight is 501 g/mol. The maximum absolute atomic E-state index is 12.5. The minimum absolute atomic E-state index is 0.0743. The maximum Gasteiger partial charge on any atom is 0.349 e. The molecule has 3 N–H and O–H groups in total. The third kappa shape index (κ3) is 6.24. The minimum atomic E-state index is -0.237. The van der Waals surface area contributed by atoms with E-state index in [9.17, 15) is 9.59 Å². The number of amides is 1. The Kier molecular flexibility index (Phi) is 7.49. The molecule has 0 atom stereocenters. The van der Waals surface area contributed by atoms with E-state index in [1.165, 1.54) is 17.5 Å². The van der Waals surface area contributed by atoms with Gasteiger partial charge in [-0.05, 0) is 48.4 Å². The van der Waals surface area contributed by atoms with Crippen LogP contribution in [0.3, 0.4) is 0 Å². The number of H-pyrrole nitrogens is 1. The van der Waals surface area contributed by atoms with Gasteiger partial charge in [-0.25, -0.2) is 4.79 Å². The van der Waals surface area contributed by atoms with Crippen molar-refractivity contribution in [2.45, 2.75) is 38.6 Å². The van der Waals surface area contributed by atoms with Crippen molar-refractivity contribution in [3.05, 3.63) is 111 Å². The third-order valence-corrected chi connectivity index (χ3v) is 6.86. The molecule has 2 aromatic carbocycles. The van der Waals surface area contributed by atoms with Gasteiger partial charge in [-0.15, -0.1) is 0 Å². The van der Waals surface area contributed by atoms with Crippen LogP contribution in [-0.2, 0) is 24.2 Å². The van der Waals surface area contributed by atoms with E-state index in [2.05, 4.69) is 39.0 Å². The number of allylic oxidation sites excluding steroid dienone is 1. The smallest absolute Gasteiger partial charge is 0.343 e. The number of carbonyl (C=O) groups is 1. The number of unbranched alkanes of at least 4 members (excludes halogenated alkanes) is 1. The quantitative estimate of drug-likeness (QED) is 0.224. The first-order chi connectivity index (χ1) is 17.6. The monoisotopic (exact) mass is 500 g/mol. The SMILES string of the molecule is O=C(Cc1ccccc1)NN1NC=C(CCCCn2cc3cc(Cc4ccccc4)[nH]c3nc2=O)S1. The molecule has 0 radical (unpaired) electrons. The number of fused-ring (bicyclic) bond motifs is 1. The molecule has 2 aromatic heterocycles. The lowest BCUT2D eigenvalue weighted by atomic mass is 10.1. The number of nitrogens with zero attached hydrogens (tertiary/aromatic N) is 3. The van der Waals surface area contributed by atoms with Crippen LogP contribution in [0.2, 0.25) is 0 Å². The molecule has 1 amide bonds. The topological polar surface area (TPSA) is 95.1 Å². The highest BCUT2D eigenvalue weighted by Crippen LogP contribution is 2.27. The molecule has 3 heterocycles. The summed E-state index contributed by atoms with van der Waals surface area (Å²) < 4.78 is 3.31. The number of hydrazine groups is 2. The number of rotatable bonds is 10. The number of aryl methyl sites for hydroxylation is 1. The van der Waals surface area contributed by atoms with Crippen molar-refractivity contribution in [3.63, 3.8) is 0 Å². The molecule has 0 aliphatic carbocycles. The van der Waals surface area contributed by atoms with Crippen LogP contribution in [-0.4, -0.2) is 25.0 Å². The zero-order chi connectivity index (χ0) is 24.7. The molecular weight excluding hydrogens is 472 g/mol. The number of nitrogens with one attached hydrogen (secondary N) is 3. The molecular formula is C27H28N6O2S. The summed E-state index contributed by atoms with van der Waals surface area (Å²) in [6.45, 7) is 0.615. The number of benzene rings is 2. The van der Waals surface area contributed by atoms with Gasteiger partial charge in [0.15, 0.2) is 0 Å². The zero-order valence-corrected chi connectivity index (χ0v) is 20.6. The molecule has 5 rings (SSSR count). The van der Waals surface area contributed by atoms with E-state index >= 15 is 0 Å². The molecule has 0 spiro atoms. The van der Waals surface area contributed by atoms with Crippen molar-refractivity contribution in [1.29, 1.82) is 0 Å². The number of hydrogen-bond donors (Lipinski definition) is 3. The number of aromatic amines is 1. The highest BCUT2D eigenvalue weighted by atomic mass is 32.2. The second-order valence-electron chi connectivity index (χ2n) is 8.76. The molecule has 0 saturated heterocycles. The Morgan fingerprint density at radius 1 is 1.00 bits per heavy atom.